The number of H-pyrrole nitrogens is 1. The maximum absolute atomic E-state index is 12.1. The van der Waals surface area contributed by atoms with Crippen molar-refractivity contribution in [1.29, 1.82) is 0 Å². The van der Waals surface area contributed by atoms with Crippen molar-refractivity contribution in [3.8, 4) is 0 Å². The standard InChI is InChI=1S/C17H23N5O/c1-11(2)3-4-12-5-8-15(18-9-12)21-17(23)20-14-10-19-22-16(14)13-6-7-13/h5,8-11,13H,3-4,6-7H2,1-2H3,(H,19,22)(H2,18,20,21,23). The van der Waals surface area contributed by atoms with E-state index in [2.05, 4.69) is 39.7 Å². The summed E-state index contributed by atoms with van der Waals surface area (Å²) >= 11 is 0. The molecule has 3 rings (SSSR count). The lowest BCUT2D eigenvalue weighted by atomic mass is 10.0. The topological polar surface area (TPSA) is 82.7 Å². The molecule has 2 aromatic heterocycles. The summed E-state index contributed by atoms with van der Waals surface area (Å²) in [5, 5.41) is 12.6. The highest BCUT2D eigenvalue weighted by Gasteiger charge is 2.28. The molecule has 0 aliphatic heterocycles. The maximum atomic E-state index is 12.1. The Morgan fingerprint density at radius 1 is 1.30 bits per heavy atom. The van der Waals surface area contributed by atoms with Gasteiger partial charge in [-0.25, -0.2) is 9.78 Å². The zero-order chi connectivity index (χ0) is 16.2. The quantitative estimate of drug-likeness (QED) is 0.756. The number of aromatic nitrogens is 3. The van der Waals surface area contributed by atoms with Gasteiger partial charge >= 0.3 is 6.03 Å². The minimum atomic E-state index is -0.296. The third-order valence-electron chi connectivity index (χ3n) is 3.98. The van der Waals surface area contributed by atoms with E-state index >= 15 is 0 Å². The van der Waals surface area contributed by atoms with Crippen molar-refractivity contribution >= 4 is 17.5 Å². The first kappa shape index (κ1) is 15.5. The number of amides is 2. The smallest absolute Gasteiger partial charge is 0.305 e. The first-order valence-corrected chi connectivity index (χ1v) is 8.18. The van der Waals surface area contributed by atoms with Crippen LogP contribution in [0.2, 0.25) is 0 Å². The van der Waals surface area contributed by atoms with E-state index in [4.69, 9.17) is 0 Å². The highest BCUT2D eigenvalue weighted by atomic mass is 16.2. The van der Waals surface area contributed by atoms with Crippen LogP contribution < -0.4 is 10.6 Å². The van der Waals surface area contributed by atoms with Gasteiger partial charge in [-0.3, -0.25) is 10.4 Å². The average Bonchev–Trinajstić information content (AvgIpc) is 3.27. The van der Waals surface area contributed by atoms with E-state index in [1.165, 1.54) is 5.56 Å². The number of aryl methyl sites for hydroxylation is 1. The molecule has 1 aliphatic rings. The molecular weight excluding hydrogens is 290 g/mol. The minimum absolute atomic E-state index is 0.296. The number of hydrogen-bond acceptors (Lipinski definition) is 3. The van der Waals surface area contributed by atoms with Crippen molar-refractivity contribution in [1.82, 2.24) is 15.2 Å². The van der Waals surface area contributed by atoms with Crippen molar-refractivity contribution in [2.24, 2.45) is 5.92 Å². The Kier molecular flexibility index (Phi) is 4.60. The number of carbonyl (C=O) groups excluding carboxylic acids is 1. The predicted octanol–water partition coefficient (Wildman–Crippen LogP) is 3.91. The van der Waals surface area contributed by atoms with E-state index in [9.17, 15) is 4.79 Å². The molecule has 0 spiro atoms. The largest absolute Gasteiger partial charge is 0.324 e. The monoisotopic (exact) mass is 313 g/mol. The average molecular weight is 313 g/mol. The number of nitrogens with one attached hydrogen (secondary N) is 3. The van der Waals surface area contributed by atoms with Gasteiger partial charge in [0.1, 0.15) is 5.82 Å². The minimum Gasteiger partial charge on any atom is -0.305 e. The van der Waals surface area contributed by atoms with Gasteiger partial charge in [0.25, 0.3) is 0 Å². The second kappa shape index (κ2) is 6.81. The van der Waals surface area contributed by atoms with E-state index in [0.717, 1.165) is 37.1 Å². The van der Waals surface area contributed by atoms with Gasteiger partial charge < -0.3 is 5.32 Å². The SMILES string of the molecule is CC(C)CCc1ccc(NC(=O)Nc2cn[nH]c2C2CC2)nc1. The molecule has 6 nitrogen and oxygen atoms in total. The van der Waals surface area contributed by atoms with Gasteiger partial charge in [-0.2, -0.15) is 5.10 Å². The summed E-state index contributed by atoms with van der Waals surface area (Å²) in [7, 11) is 0. The Hall–Kier alpha value is -2.37. The van der Waals surface area contributed by atoms with Crippen LogP contribution in [0.5, 0.6) is 0 Å². The molecule has 1 aliphatic carbocycles. The number of nitrogens with zero attached hydrogens (tertiary/aromatic N) is 2. The molecular formula is C17H23N5O. The van der Waals surface area contributed by atoms with Crippen LogP contribution in [0.15, 0.2) is 24.5 Å². The Labute approximate surface area is 136 Å². The summed E-state index contributed by atoms with van der Waals surface area (Å²) in [6.07, 6.45) is 7.92. The number of anilines is 2. The van der Waals surface area contributed by atoms with Crippen LogP contribution in [0.3, 0.4) is 0 Å². The summed E-state index contributed by atoms with van der Waals surface area (Å²) in [4.78, 5) is 16.4. The number of urea groups is 1. The van der Waals surface area contributed by atoms with Crippen LogP contribution in [0.4, 0.5) is 16.3 Å². The Balaban J connectivity index is 1.54. The lowest BCUT2D eigenvalue weighted by Crippen LogP contribution is -2.20. The molecule has 2 aromatic rings. The van der Waals surface area contributed by atoms with Gasteiger partial charge in [-0.1, -0.05) is 19.9 Å². The van der Waals surface area contributed by atoms with Gasteiger partial charge in [0.15, 0.2) is 0 Å². The van der Waals surface area contributed by atoms with Crippen molar-refractivity contribution in [2.45, 2.75) is 45.4 Å². The number of carbonyl (C=O) groups is 1. The lowest BCUT2D eigenvalue weighted by Gasteiger charge is -2.08. The third-order valence-corrected chi connectivity index (χ3v) is 3.98. The molecule has 0 radical (unpaired) electrons. The van der Waals surface area contributed by atoms with Crippen molar-refractivity contribution in [3.63, 3.8) is 0 Å². The highest BCUT2D eigenvalue weighted by molar-refractivity contribution is 5.99. The first-order valence-electron chi connectivity index (χ1n) is 8.18. The van der Waals surface area contributed by atoms with Crippen LogP contribution in [0, 0.1) is 5.92 Å². The molecule has 1 fully saturated rings. The maximum Gasteiger partial charge on any atom is 0.324 e. The Bertz CT molecular complexity index is 658. The molecule has 3 N–H and O–H groups in total. The number of pyridine rings is 1. The van der Waals surface area contributed by atoms with Gasteiger partial charge in [-0.05, 0) is 43.2 Å². The summed E-state index contributed by atoms with van der Waals surface area (Å²) in [6.45, 7) is 4.42. The molecule has 1 saturated carbocycles. The van der Waals surface area contributed by atoms with Gasteiger partial charge in [0, 0.05) is 12.1 Å². The second-order valence-corrected chi connectivity index (χ2v) is 6.53. The number of rotatable bonds is 6. The van der Waals surface area contributed by atoms with Crippen LogP contribution in [-0.2, 0) is 6.42 Å². The predicted molar refractivity (Wildman–Crippen MR) is 90.6 cm³/mol. The van der Waals surface area contributed by atoms with Crippen LogP contribution in [0.1, 0.15) is 50.3 Å². The van der Waals surface area contributed by atoms with Crippen LogP contribution in [-0.4, -0.2) is 21.2 Å². The van der Waals surface area contributed by atoms with E-state index in [-0.39, 0.29) is 6.03 Å². The fourth-order valence-corrected chi connectivity index (χ4v) is 2.45. The van der Waals surface area contributed by atoms with Crippen molar-refractivity contribution in [2.75, 3.05) is 10.6 Å². The Morgan fingerprint density at radius 2 is 2.13 bits per heavy atom. The first-order chi connectivity index (χ1) is 11.1. The van der Waals surface area contributed by atoms with E-state index in [0.29, 0.717) is 17.7 Å². The molecule has 0 atom stereocenters. The Morgan fingerprint density at radius 3 is 2.78 bits per heavy atom. The highest BCUT2D eigenvalue weighted by Crippen LogP contribution is 2.42. The molecule has 0 aromatic carbocycles. The van der Waals surface area contributed by atoms with Crippen LogP contribution >= 0.6 is 0 Å². The summed E-state index contributed by atoms with van der Waals surface area (Å²) in [6, 6.07) is 3.56. The number of hydrogen-bond donors (Lipinski definition) is 3. The zero-order valence-electron chi connectivity index (χ0n) is 13.6. The van der Waals surface area contributed by atoms with E-state index < -0.39 is 0 Å². The molecule has 0 unspecified atom stereocenters. The molecule has 23 heavy (non-hydrogen) atoms. The fourth-order valence-electron chi connectivity index (χ4n) is 2.45. The number of aromatic amines is 1. The van der Waals surface area contributed by atoms with Gasteiger partial charge in [0.05, 0.1) is 17.6 Å². The molecule has 6 heteroatoms. The third kappa shape index (κ3) is 4.31. The van der Waals surface area contributed by atoms with Crippen molar-refractivity contribution in [3.05, 3.63) is 35.8 Å². The lowest BCUT2D eigenvalue weighted by molar-refractivity contribution is 0.262. The summed E-state index contributed by atoms with van der Waals surface area (Å²) in [5.74, 6) is 1.73. The van der Waals surface area contributed by atoms with E-state index in [1.54, 1.807) is 6.20 Å². The molecule has 2 amide bonds. The van der Waals surface area contributed by atoms with E-state index in [1.807, 2.05) is 18.3 Å². The zero-order valence-corrected chi connectivity index (χ0v) is 13.6. The molecule has 0 bridgehead atoms. The second-order valence-electron chi connectivity index (χ2n) is 6.53. The fraction of sp³-hybridized carbons (Fsp3) is 0.471. The molecule has 122 valence electrons. The van der Waals surface area contributed by atoms with Crippen molar-refractivity contribution < 1.29 is 4.79 Å². The summed E-state index contributed by atoms with van der Waals surface area (Å²) in [5.41, 5.74) is 2.95. The summed E-state index contributed by atoms with van der Waals surface area (Å²) < 4.78 is 0. The normalized spacial score (nSPS) is 14.0. The molecule has 2 heterocycles. The van der Waals surface area contributed by atoms with Crippen LogP contribution in [0.25, 0.3) is 0 Å². The molecule has 0 saturated heterocycles. The van der Waals surface area contributed by atoms with Gasteiger partial charge in [0.2, 0.25) is 0 Å². The van der Waals surface area contributed by atoms with Gasteiger partial charge in [-0.15, -0.1) is 0 Å².